The van der Waals surface area contributed by atoms with E-state index in [2.05, 4.69) is 31.9 Å². The van der Waals surface area contributed by atoms with Gasteiger partial charge in [0, 0.05) is 8.95 Å². The highest BCUT2D eigenvalue weighted by Crippen LogP contribution is 2.35. The molecule has 0 unspecified atom stereocenters. The Labute approximate surface area is 132 Å². The van der Waals surface area contributed by atoms with E-state index in [-0.39, 0.29) is 11.8 Å². The molecule has 0 bridgehead atoms. The molecule has 0 saturated carbocycles. The molecule has 0 fully saturated rings. The summed E-state index contributed by atoms with van der Waals surface area (Å²) in [6, 6.07) is 10.6. The molecule has 20 heavy (non-hydrogen) atoms. The number of hydrogen-bond acceptors (Lipinski definition) is 2. The van der Waals surface area contributed by atoms with Crippen LogP contribution in [0.3, 0.4) is 0 Å². The van der Waals surface area contributed by atoms with Gasteiger partial charge >= 0.3 is 0 Å². The molecule has 1 aliphatic heterocycles. The summed E-state index contributed by atoms with van der Waals surface area (Å²) >= 11 is 6.77. The van der Waals surface area contributed by atoms with Gasteiger partial charge in [-0.2, -0.15) is 0 Å². The minimum absolute atomic E-state index is 0.288. The topological polar surface area (TPSA) is 37.4 Å². The van der Waals surface area contributed by atoms with Crippen molar-refractivity contribution in [1.29, 1.82) is 0 Å². The predicted octanol–water partition coefficient (Wildman–Crippen LogP) is 4.32. The number of benzene rings is 2. The maximum Gasteiger partial charge on any atom is 0.266 e. The number of carbonyl (C=O) groups is 2. The second-order valence-corrected chi connectivity index (χ2v) is 6.25. The van der Waals surface area contributed by atoms with Crippen LogP contribution in [0.2, 0.25) is 0 Å². The van der Waals surface area contributed by atoms with Gasteiger partial charge in [-0.15, -0.1) is 0 Å². The largest absolute Gasteiger partial charge is 0.268 e. The van der Waals surface area contributed by atoms with Gasteiger partial charge in [0.05, 0.1) is 16.8 Å². The Balaban J connectivity index is 2.17. The van der Waals surface area contributed by atoms with Gasteiger partial charge in [-0.3, -0.25) is 9.59 Å². The van der Waals surface area contributed by atoms with Crippen molar-refractivity contribution < 1.29 is 9.59 Å². The van der Waals surface area contributed by atoms with Crippen molar-refractivity contribution >= 4 is 49.4 Å². The lowest BCUT2D eigenvalue weighted by molar-refractivity contribution is 0.0926. The third-order valence-corrected chi connectivity index (χ3v) is 4.79. The van der Waals surface area contributed by atoms with Crippen molar-refractivity contribution in [1.82, 2.24) is 0 Å². The van der Waals surface area contributed by atoms with Crippen LogP contribution in [0.4, 0.5) is 5.69 Å². The smallest absolute Gasteiger partial charge is 0.266 e. The fourth-order valence-corrected chi connectivity index (χ4v) is 3.04. The maximum atomic E-state index is 12.5. The number of halogens is 2. The molecule has 0 saturated heterocycles. The molecule has 3 rings (SSSR count). The van der Waals surface area contributed by atoms with Gasteiger partial charge in [0.25, 0.3) is 11.8 Å². The minimum atomic E-state index is -0.294. The number of imide groups is 1. The molecule has 1 heterocycles. The zero-order valence-electron chi connectivity index (χ0n) is 10.5. The molecule has 0 atom stereocenters. The van der Waals surface area contributed by atoms with Crippen LogP contribution in [0.25, 0.3) is 0 Å². The van der Waals surface area contributed by atoms with E-state index in [0.717, 1.165) is 14.5 Å². The molecule has 0 N–H and O–H groups in total. The second kappa shape index (κ2) is 4.82. The average molecular weight is 395 g/mol. The summed E-state index contributed by atoms with van der Waals surface area (Å²) in [5, 5.41) is 0. The third-order valence-electron chi connectivity index (χ3n) is 3.26. The van der Waals surface area contributed by atoms with E-state index in [1.807, 2.05) is 19.1 Å². The number of aryl methyl sites for hydroxylation is 1. The van der Waals surface area contributed by atoms with Crippen LogP contribution < -0.4 is 4.90 Å². The lowest BCUT2D eigenvalue weighted by atomic mass is 10.1. The van der Waals surface area contributed by atoms with Crippen molar-refractivity contribution in [2.45, 2.75) is 6.92 Å². The van der Waals surface area contributed by atoms with Crippen molar-refractivity contribution in [3.63, 3.8) is 0 Å². The molecule has 100 valence electrons. The van der Waals surface area contributed by atoms with Crippen LogP contribution in [0, 0.1) is 6.92 Å². The van der Waals surface area contributed by atoms with Crippen molar-refractivity contribution in [3.05, 3.63) is 62.0 Å². The van der Waals surface area contributed by atoms with Gasteiger partial charge < -0.3 is 0 Å². The fourth-order valence-electron chi connectivity index (χ4n) is 2.24. The van der Waals surface area contributed by atoms with Gasteiger partial charge in [-0.05, 0) is 52.7 Å². The Hall–Kier alpha value is -1.46. The Morgan fingerprint density at radius 2 is 1.65 bits per heavy atom. The highest BCUT2D eigenvalue weighted by atomic mass is 79.9. The molecule has 2 amide bonds. The van der Waals surface area contributed by atoms with E-state index in [4.69, 9.17) is 0 Å². The van der Waals surface area contributed by atoms with E-state index < -0.39 is 0 Å². The van der Waals surface area contributed by atoms with E-state index in [0.29, 0.717) is 16.8 Å². The van der Waals surface area contributed by atoms with Crippen LogP contribution in [-0.2, 0) is 0 Å². The van der Waals surface area contributed by atoms with Crippen LogP contribution in [-0.4, -0.2) is 11.8 Å². The number of carbonyl (C=O) groups excluding carboxylic acids is 2. The summed E-state index contributed by atoms with van der Waals surface area (Å²) in [6.45, 7) is 1.92. The molecule has 2 aromatic carbocycles. The number of rotatable bonds is 1. The molecule has 2 aromatic rings. The van der Waals surface area contributed by atoms with Gasteiger partial charge in [-0.25, -0.2) is 4.90 Å². The molecule has 0 aromatic heterocycles. The van der Waals surface area contributed by atoms with Gasteiger partial charge in [0.2, 0.25) is 0 Å². The van der Waals surface area contributed by atoms with E-state index in [1.54, 1.807) is 24.3 Å². The van der Waals surface area contributed by atoms with Gasteiger partial charge in [0.15, 0.2) is 0 Å². The van der Waals surface area contributed by atoms with Crippen LogP contribution in [0.15, 0.2) is 45.3 Å². The van der Waals surface area contributed by atoms with Crippen LogP contribution in [0.1, 0.15) is 26.3 Å². The zero-order valence-corrected chi connectivity index (χ0v) is 13.7. The lowest BCUT2D eigenvalue weighted by Gasteiger charge is -2.16. The molecule has 0 aliphatic carbocycles. The zero-order chi connectivity index (χ0) is 14.4. The third kappa shape index (κ3) is 1.93. The first-order valence-electron chi connectivity index (χ1n) is 5.94. The Morgan fingerprint density at radius 3 is 2.40 bits per heavy atom. The number of nitrogens with zero attached hydrogens (tertiary/aromatic N) is 1. The lowest BCUT2D eigenvalue weighted by Crippen LogP contribution is -2.29. The van der Waals surface area contributed by atoms with Crippen LogP contribution >= 0.6 is 31.9 Å². The highest BCUT2D eigenvalue weighted by molar-refractivity contribution is 9.11. The molecule has 3 nitrogen and oxygen atoms in total. The summed E-state index contributed by atoms with van der Waals surface area (Å²) in [7, 11) is 0. The standard InChI is InChI=1S/C15H9Br2NO2/c1-8-3-2-4-12(13(8)17)18-14(19)10-6-5-9(16)7-11(10)15(18)20/h2-7H,1H3. The summed E-state index contributed by atoms with van der Waals surface area (Å²) in [6.07, 6.45) is 0. The molecular weight excluding hydrogens is 386 g/mol. The number of anilines is 1. The second-order valence-electron chi connectivity index (χ2n) is 4.54. The number of amides is 2. The first-order valence-corrected chi connectivity index (χ1v) is 7.53. The Bertz CT molecular complexity index is 756. The molecule has 0 spiro atoms. The van der Waals surface area contributed by atoms with Crippen molar-refractivity contribution in [2.75, 3.05) is 4.90 Å². The van der Waals surface area contributed by atoms with E-state index in [9.17, 15) is 9.59 Å². The summed E-state index contributed by atoms with van der Waals surface area (Å²) in [5.74, 6) is -0.582. The monoisotopic (exact) mass is 393 g/mol. The Morgan fingerprint density at radius 1 is 0.950 bits per heavy atom. The summed E-state index contributed by atoms with van der Waals surface area (Å²) in [4.78, 5) is 26.2. The summed E-state index contributed by atoms with van der Waals surface area (Å²) in [5.41, 5.74) is 2.41. The Kier molecular flexibility index (Phi) is 3.26. The highest BCUT2D eigenvalue weighted by Gasteiger charge is 2.37. The number of hydrogen-bond donors (Lipinski definition) is 0. The van der Waals surface area contributed by atoms with Crippen LogP contribution in [0.5, 0.6) is 0 Å². The minimum Gasteiger partial charge on any atom is -0.268 e. The average Bonchev–Trinajstić information content (AvgIpc) is 2.65. The van der Waals surface area contributed by atoms with Gasteiger partial charge in [0.1, 0.15) is 0 Å². The molecule has 1 aliphatic rings. The fraction of sp³-hybridized carbons (Fsp3) is 0.0667. The SMILES string of the molecule is Cc1cccc(N2C(=O)c3ccc(Br)cc3C2=O)c1Br. The predicted molar refractivity (Wildman–Crippen MR) is 84.2 cm³/mol. The maximum absolute atomic E-state index is 12.5. The van der Waals surface area contributed by atoms with Gasteiger partial charge in [-0.1, -0.05) is 28.1 Å². The van der Waals surface area contributed by atoms with Crippen molar-refractivity contribution in [3.8, 4) is 0 Å². The van der Waals surface area contributed by atoms with Crippen molar-refractivity contribution in [2.24, 2.45) is 0 Å². The molecule has 0 radical (unpaired) electrons. The van der Waals surface area contributed by atoms with E-state index in [1.165, 1.54) is 4.90 Å². The van der Waals surface area contributed by atoms with E-state index >= 15 is 0 Å². The summed E-state index contributed by atoms with van der Waals surface area (Å²) < 4.78 is 1.54. The molecule has 5 heteroatoms. The normalized spacial score (nSPS) is 13.8. The number of fused-ring (bicyclic) bond motifs is 1. The molecular formula is C15H9Br2NO2. The quantitative estimate of drug-likeness (QED) is 0.675. The first-order chi connectivity index (χ1) is 9.50. The first kappa shape index (κ1) is 13.5.